The predicted molar refractivity (Wildman–Crippen MR) is 59.4 cm³/mol. The summed E-state index contributed by atoms with van der Waals surface area (Å²) in [4.78, 5) is 0. The fourth-order valence-corrected chi connectivity index (χ4v) is 2.83. The molecule has 1 aliphatic heterocycles. The van der Waals surface area contributed by atoms with Gasteiger partial charge in [0.15, 0.2) is 0 Å². The van der Waals surface area contributed by atoms with Gasteiger partial charge < -0.3 is 10.5 Å². The highest BCUT2D eigenvalue weighted by atomic mass is 32.2. The molecule has 17 heavy (non-hydrogen) atoms. The first kappa shape index (κ1) is 14.7. The van der Waals surface area contributed by atoms with Crippen LogP contribution in [0.3, 0.4) is 0 Å². The summed E-state index contributed by atoms with van der Waals surface area (Å²) in [6.07, 6.45) is 2.07. The van der Waals surface area contributed by atoms with Crippen molar-refractivity contribution in [3.63, 3.8) is 0 Å². The van der Waals surface area contributed by atoms with E-state index in [1.54, 1.807) is 0 Å². The highest BCUT2D eigenvalue weighted by Crippen LogP contribution is 2.15. The molecule has 0 saturated carbocycles. The van der Waals surface area contributed by atoms with Gasteiger partial charge in [0, 0.05) is 6.61 Å². The number of hydrogen-bond donors (Lipinski definition) is 2. The van der Waals surface area contributed by atoms with Gasteiger partial charge in [0.05, 0.1) is 24.9 Å². The average molecular weight is 272 g/mol. The van der Waals surface area contributed by atoms with E-state index in [1.807, 2.05) is 4.72 Å². The number of halogens is 2. The van der Waals surface area contributed by atoms with Crippen molar-refractivity contribution in [3.05, 3.63) is 0 Å². The zero-order valence-electron chi connectivity index (χ0n) is 9.49. The van der Waals surface area contributed by atoms with E-state index in [-0.39, 0.29) is 5.75 Å². The number of nitrogens with two attached hydrogens (primary N) is 1. The molecule has 0 aromatic rings. The van der Waals surface area contributed by atoms with Crippen molar-refractivity contribution in [1.82, 2.24) is 4.72 Å². The van der Waals surface area contributed by atoms with Crippen LogP contribution in [0.25, 0.3) is 0 Å². The minimum absolute atomic E-state index is 0.270. The first-order valence-electron chi connectivity index (χ1n) is 5.51. The van der Waals surface area contributed by atoms with Crippen molar-refractivity contribution in [2.24, 2.45) is 5.73 Å². The lowest BCUT2D eigenvalue weighted by Gasteiger charge is -2.23. The fourth-order valence-electron chi connectivity index (χ4n) is 1.53. The second-order valence-corrected chi connectivity index (χ2v) is 6.00. The van der Waals surface area contributed by atoms with E-state index in [2.05, 4.69) is 0 Å². The molecule has 1 aliphatic rings. The molecule has 1 rings (SSSR count). The third-order valence-corrected chi connectivity index (χ3v) is 3.92. The standard InChI is InChI=1S/C9H18F2N2O3S/c10-9(11,6-12)7-13-17(14,15)5-8-3-1-2-4-16-8/h8,13H,1-7,12H2. The lowest BCUT2D eigenvalue weighted by Crippen LogP contribution is -2.44. The van der Waals surface area contributed by atoms with E-state index in [4.69, 9.17) is 10.5 Å². The van der Waals surface area contributed by atoms with Gasteiger partial charge in [0.1, 0.15) is 0 Å². The highest BCUT2D eigenvalue weighted by Gasteiger charge is 2.30. The zero-order valence-corrected chi connectivity index (χ0v) is 10.3. The summed E-state index contributed by atoms with van der Waals surface area (Å²) in [5.74, 6) is -3.48. The molecule has 0 aromatic heterocycles. The number of nitrogens with one attached hydrogen (secondary N) is 1. The normalized spacial score (nSPS) is 22.6. The van der Waals surface area contributed by atoms with Crippen LogP contribution < -0.4 is 10.5 Å². The second kappa shape index (κ2) is 6.03. The molecule has 1 saturated heterocycles. The quantitative estimate of drug-likeness (QED) is 0.717. The molecule has 5 nitrogen and oxygen atoms in total. The van der Waals surface area contributed by atoms with Crippen molar-refractivity contribution < 1.29 is 21.9 Å². The van der Waals surface area contributed by atoms with Crippen LogP contribution in [0.5, 0.6) is 0 Å². The first-order chi connectivity index (χ1) is 7.85. The number of rotatable bonds is 6. The van der Waals surface area contributed by atoms with Gasteiger partial charge >= 0.3 is 0 Å². The van der Waals surface area contributed by atoms with Crippen LogP contribution in [0.4, 0.5) is 8.78 Å². The molecule has 1 unspecified atom stereocenters. The van der Waals surface area contributed by atoms with Crippen LogP contribution in [0.2, 0.25) is 0 Å². The zero-order chi connectivity index (χ0) is 12.9. The molecule has 0 bridgehead atoms. The lowest BCUT2D eigenvalue weighted by atomic mass is 10.1. The maximum Gasteiger partial charge on any atom is 0.273 e. The summed E-state index contributed by atoms with van der Waals surface area (Å²) in [5.41, 5.74) is 4.81. The molecule has 3 N–H and O–H groups in total. The molecule has 0 amide bonds. The minimum Gasteiger partial charge on any atom is -0.377 e. The van der Waals surface area contributed by atoms with Gasteiger partial charge in [-0.3, -0.25) is 0 Å². The molecule has 102 valence electrons. The third-order valence-electron chi connectivity index (χ3n) is 2.53. The lowest BCUT2D eigenvalue weighted by molar-refractivity contribution is 0.0161. The summed E-state index contributed by atoms with van der Waals surface area (Å²) in [6.45, 7) is -1.31. The molecule has 0 spiro atoms. The Bertz CT molecular complexity index is 329. The van der Waals surface area contributed by atoms with Gasteiger partial charge in [-0.2, -0.15) is 0 Å². The summed E-state index contributed by atoms with van der Waals surface area (Å²) < 4.78 is 55.6. The van der Waals surface area contributed by atoms with Gasteiger partial charge in [-0.15, -0.1) is 0 Å². The SMILES string of the molecule is NCC(F)(F)CNS(=O)(=O)CC1CCCCO1. The van der Waals surface area contributed by atoms with Crippen LogP contribution in [0, 0.1) is 0 Å². The Hall–Kier alpha value is -0.310. The predicted octanol–water partition coefficient (Wildman–Crippen LogP) is 0.0689. The molecule has 1 atom stereocenters. The summed E-state index contributed by atoms with van der Waals surface area (Å²) in [5, 5.41) is 0. The van der Waals surface area contributed by atoms with E-state index >= 15 is 0 Å². The van der Waals surface area contributed by atoms with E-state index in [9.17, 15) is 17.2 Å². The molecule has 0 aliphatic carbocycles. The van der Waals surface area contributed by atoms with Crippen molar-refractivity contribution in [2.45, 2.75) is 31.3 Å². The fraction of sp³-hybridized carbons (Fsp3) is 1.00. The second-order valence-electron chi connectivity index (χ2n) is 4.15. The van der Waals surface area contributed by atoms with E-state index < -0.39 is 35.1 Å². The Labute approximate surface area is 99.7 Å². The Balaban J connectivity index is 2.40. The summed E-state index contributed by atoms with van der Waals surface area (Å²) >= 11 is 0. The Morgan fingerprint density at radius 3 is 2.65 bits per heavy atom. The minimum atomic E-state index is -3.74. The molecule has 1 fully saturated rings. The van der Waals surface area contributed by atoms with E-state index in [0.717, 1.165) is 12.8 Å². The molecular formula is C9H18F2N2O3S. The van der Waals surface area contributed by atoms with Gasteiger partial charge in [-0.25, -0.2) is 21.9 Å². The van der Waals surface area contributed by atoms with E-state index in [1.165, 1.54) is 0 Å². The molecule has 8 heteroatoms. The van der Waals surface area contributed by atoms with Gasteiger partial charge in [0.2, 0.25) is 10.0 Å². The summed E-state index contributed by atoms with van der Waals surface area (Å²) in [7, 11) is -3.74. The van der Waals surface area contributed by atoms with Crippen LogP contribution >= 0.6 is 0 Å². The smallest absolute Gasteiger partial charge is 0.273 e. The topological polar surface area (TPSA) is 81.4 Å². The van der Waals surface area contributed by atoms with Crippen molar-refractivity contribution >= 4 is 10.0 Å². The highest BCUT2D eigenvalue weighted by molar-refractivity contribution is 7.89. The van der Waals surface area contributed by atoms with Crippen LogP contribution in [-0.4, -0.2) is 45.9 Å². The van der Waals surface area contributed by atoms with Crippen molar-refractivity contribution in [2.75, 3.05) is 25.4 Å². The van der Waals surface area contributed by atoms with Crippen LogP contribution in [0.15, 0.2) is 0 Å². The number of sulfonamides is 1. The Morgan fingerprint density at radius 1 is 1.41 bits per heavy atom. The maximum atomic E-state index is 12.8. The van der Waals surface area contributed by atoms with Crippen molar-refractivity contribution in [1.29, 1.82) is 0 Å². The molecule has 0 radical (unpaired) electrons. The largest absolute Gasteiger partial charge is 0.377 e. The molecular weight excluding hydrogens is 254 g/mol. The van der Waals surface area contributed by atoms with Crippen molar-refractivity contribution in [3.8, 4) is 0 Å². The first-order valence-corrected chi connectivity index (χ1v) is 7.17. The third kappa shape index (κ3) is 5.71. The Kier molecular flexibility index (Phi) is 5.23. The molecule has 0 aromatic carbocycles. The van der Waals surface area contributed by atoms with Crippen LogP contribution in [0.1, 0.15) is 19.3 Å². The maximum absolute atomic E-state index is 12.8. The number of alkyl halides is 2. The number of hydrogen-bond acceptors (Lipinski definition) is 4. The number of ether oxygens (including phenoxy) is 1. The van der Waals surface area contributed by atoms with Gasteiger partial charge in [-0.05, 0) is 19.3 Å². The Morgan fingerprint density at radius 2 is 2.12 bits per heavy atom. The van der Waals surface area contributed by atoms with Gasteiger partial charge in [0.25, 0.3) is 5.92 Å². The summed E-state index contributed by atoms with van der Waals surface area (Å²) in [6, 6.07) is 0. The monoisotopic (exact) mass is 272 g/mol. The van der Waals surface area contributed by atoms with Crippen LogP contribution in [-0.2, 0) is 14.8 Å². The van der Waals surface area contributed by atoms with E-state index in [0.29, 0.717) is 13.0 Å². The average Bonchev–Trinajstić information content (AvgIpc) is 2.28. The molecule has 1 heterocycles. The van der Waals surface area contributed by atoms with Gasteiger partial charge in [-0.1, -0.05) is 0 Å².